The van der Waals surface area contributed by atoms with Crippen LogP contribution in [0.1, 0.15) is 57.9 Å². The fraction of sp³-hybridized carbons (Fsp3) is 0.652. The van der Waals surface area contributed by atoms with Crippen LogP contribution in [0.25, 0.3) is 11.1 Å². The fourth-order valence-electron chi connectivity index (χ4n) is 4.90. The minimum Gasteiger partial charge on any atom is -0.423 e. The van der Waals surface area contributed by atoms with Crippen LogP contribution in [0.4, 0.5) is 19.2 Å². The molecule has 2 atom stereocenters. The van der Waals surface area contributed by atoms with E-state index in [9.17, 15) is 23.1 Å². The van der Waals surface area contributed by atoms with Crippen LogP contribution in [0.15, 0.2) is 16.5 Å². The number of carbonyl (C=O) groups excluding carboxylic acids is 1. The van der Waals surface area contributed by atoms with Gasteiger partial charge in [0.1, 0.15) is 5.52 Å². The lowest BCUT2D eigenvalue weighted by Crippen LogP contribution is -2.47. The Morgan fingerprint density at radius 1 is 1.21 bits per heavy atom. The van der Waals surface area contributed by atoms with Crippen molar-refractivity contribution in [3.63, 3.8) is 0 Å². The topological polar surface area (TPSA) is 78.6 Å². The number of fused-ring (bicyclic) bond motifs is 1. The van der Waals surface area contributed by atoms with Crippen molar-refractivity contribution >= 4 is 34.6 Å². The molecule has 2 aromatic rings. The van der Waals surface area contributed by atoms with Gasteiger partial charge in [-0.25, -0.2) is 0 Å². The Hall–Kier alpha value is -2.00. The van der Waals surface area contributed by atoms with Gasteiger partial charge in [-0.2, -0.15) is 18.2 Å². The van der Waals surface area contributed by atoms with E-state index in [1.54, 1.807) is 0 Å². The zero-order valence-corrected chi connectivity index (χ0v) is 19.5. The molecule has 2 fully saturated rings. The van der Waals surface area contributed by atoms with E-state index in [-0.39, 0.29) is 40.9 Å². The summed E-state index contributed by atoms with van der Waals surface area (Å²) in [5.74, 6) is 0.0542. The minimum absolute atomic E-state index is 0.0233. The molecule has 4 rings (SSSR count). The highest BCUT2D eigenvalue weighted by Gasteiger charge is 2.36. The third kappa shape index (κ3) is 5.40. The zero-order valence-electron chi connectivity index (χ0n) is 18.7. The lowest BCUT2D eigenvalue weighted by molar-refractivity contribution is -0.137. The monoisotopic (exact) mass is 487 g/mol. The fourth-order valence-corrected chi connectivity index (χ4v) is 5.17. The predicted molar refractivity (Wildman–Crippen MR) is 119 cm³/mol. The van der Waals surface area contributed by atoms with Gasteiger partial charge in [0.25, 0.3) is 6.01 Å². The molecule has 1 saturated carbocycles. The van der Waals surface area contributed by atoms with Crippen LogP contribution in [-0.4, -0.2) is 40.7 Å². The Balaban J connectivity index is 1.36. The SMILES string of the molecule is CC(C)(O)[C@H]1CCC[C@H](NC(=O)C2CCN(c3nc4cc(Cl)c(C(F)(F)F)cc4o3)CC2)C1. The van der Waals surface area contributed by atoms with Crippen LogP contribution in [0.3, 0.4) is 0 Å². The Kier molecular flexibility index (Phi) is 6.57. The van der Waals surface area contributed by atoms with Crippen molar-refractivity contribution in [2.45, 2.75) is 70.2 Å². The summed E-state index contributed by atoms with van der Waals surface area (Å²) in [4.78, 5) is 19.0. The Bertz CT molecular complexity index is 1010. The molecular weight excluding hydrogens is 459 g/mol. The number of nitrogens with zero attached hydrogens (tertiary/aromatic N) is 2. The number of amides is 1. The number of hydrogen-bond acceptors (Lipinski definition) is 5. The number of halogens is 4. The van der Waals surface area contributed by atoms with Gasteiger partial charge in [0.15, 0.2) is 5.58 Å². The number of hydrogen-bond donors (Lipinski definition) is 2. The van der Waals surface area contributed by atoms with E-state index < -0.39 is 22.4 Å². The molecule has 1 aromatic heterocycles. The second-order valence-electron chi connectivity index (χ2n) is 9.78. The Morgan fingerprint density at radius 2 is 1.91 bits per heavy atom. The van der Waals surface area contributed by atoms with E-state index in [1.165, 1.54) is 0 Å². The Labute approximate surface area is 195 Å². The summed E-state index contributed by atoms with van der Waals surface area (Å²) in [7, 11) is 0. The van der Waals surface area contributed by atoms with Crippen LogP contribution < -0.4 is 10.2 Å². The minimum atomic E-state index is -4.57. The number of oxazole rings is 1. The maximum absolute atomic E-state index is 13.1. The number of piperidine rings is 1. The average molecular weight is 488 g/mol. The number of aromatic nitrogens is 1. The smallest absolute Gasteiger partial charge is 0.417 e. The second kappa shape index (κ2) is 8.98. The molecule has 1 aliphatic carbocycles. The van der Waals surface area contributed by atoms with Crippen molar-refractivity contribution in [1.29, 1.82) is 0 Å². The van der Waals surface area contributed by atoms with Gasteiger partial charge in [0.05, 0.1) is 16.2 Å². The van der Waals surface area contributed by atoms with Crippen molar-refractivity contribution in [3.05, 3.63) is 22.7 Å². The van der Waals surface area contributed by atoms with Crippen LogP contribution in [0.2, 0.25) is 5.02 Å². The number of nitrogens with one attached hydrogen (secondary N) is 1. The molecule has 6 nitrogen and oxygen atoms in total. The molecule has 0 spiro atoms. The number of anilines is 1. The molecule has 1 amide bonds. The number of alkyl halides is 3. The van der Waals surface area contributed by atoms with E-state index in [0.717, 1.165) is 37.8 Å². The molecule has 2 heterocycles. The van der Waals surface area contributed by atoms with Crippen molar-refractivity contribution in [2.24, 2.45) is 11.8 Å². The van der Waals surface area contributed by atoms with Gasteiger partial charge in [0, 0.05) is 25.0 Å². The van der Waals surface area contributed by atoms with Crippen LogP contribution in [0.5, 0.6) is 0 Å². The molecule has 1 saturated heterocycles. The first-order valence-electron chi connectivity index (χ1n) is 11.4. The molecule has 33 heavy (non-hydrogen) atoms. The van der Waals surface area contributed by atoms with Gasteiger partial charge in [-0.1, -0.05) is 18.0 Å². The molecule has 0 bridgehead atoms. The summed E-state index contributed by atoms with van der Waals surface area (Å²) in [6.45, 7) is 4.67. The Morgan fingerprint density at radius 3 is 2.55 bits per heavy atom. The van der Waals surface area contributed by atoms with Crippen LogP contribution >= 0.6 is 11.6 Å². The van der Waals surface area contributed by atoms with E-state index in [4.69, 9.17) is 16.0 Å². The van der Waals surface area contributed by atoms with E-state index in [0.29, 0.717) is 25.9 Å². The highest BCUT2D eigenvalue weighted by Crippen LogP contribution is 2.38. The maximum Gasteiger partial charge on any atom is 0.417 e. The second-order valence-corrected chi connectivity index (χ2v) is 10.2. The predicted octanol–water partition coefficient (Wildman–Crippen LogP) is 5.16. The lowest BCUT2D eigenvalue weighted by Gasteiger charge is -2.37. The van der Waals surface area contributed by atoms with Crippen molar-refractivity contribution in [2.75, 3.05) is 18.0 Å². The molecule has 0 radical (unpaired) electrons. The van der Waals surface area contributed by atoms with Crippen molar-refractivity contribution < 1.29 is 27.5 Å². The summed E-state index contributed by atoms with van der Waals surface area (Å²) >= 11 is 5.78. The number of rotatable bonds is 4. The van der Waals surface area contributed by atoms with Gasteiger partial charge in [0.2, 0.25) is 5.91 Å². The van der Waals surface area contributed by atoms with E-state index >= 15 is 0 Å². The summed E-state index contributed by atoms with van der Waals surface area (Å²) in [5, 5.41) is 13.1. The van der Waals surface area contributed by atoms with Crippen molar-refractivity contribution in [1.82, 2.24) is 10.3 Å². The summed E-state index contributed by atoms with van der Waals surface area (Å²) in [6, 6.07) is 2.35. The van der Waals surface area contributed by atoms with Gasteiger partial charge < -0.3 is 19.7 Å². The normalized spacial score (nSPS) is 23.2. The number of carbonyl (C=O) groups is 1. The van der Waals surface area contributed by atoms with Gasteiger partial charge >= 0.3 is 6.18 Å². The van der Waals surface area contributed by atoms with Gasteiger partial charge in [-0.15, -0.1) is 0 Å². The summed E-state index contributed by atoms with van der Waals surface area (Å²) in [5.41, 5.74) is -1.41. The molecule has 182 valence electrons. The number of benzene rings is 1. The van der Waals surface area contributed by atoms with Gasteiger partial charge in [-0.05, 0) is 64.0 Å². The summed E-state index contributed by atoms with van der Waals surface area (Å²) < 4.78 is 44.9. The van der Waals surface area contributed by atoms with Crippen LogP contribution in [-0.2, 0) is 11.0 Å². The molecule has 0 unspecified atom stereocenters. The molecular formula is C23H29ClF3N3O3. The largest absolute Gasteiger partial charge is 0.423 e. The molecule has 1 aromatic carbocycles. The highest BCUT2D eigenvalue weighted by molar-refractivity contribution is 6.32. The lowest BCUT2D eigenvalue weighted by atomic mass is 9.76. The number of aliphatic hydroxyl groups is 1. The summed E-state index contributed by atoms with van der Waals surface area (Å²) in [6.07, 6.45) is 0.267. The maximum atomic E-state index is 13.1. The first kappa shape index (κ1) is 24.1. The molecule has 2 N–H and O–H groups in total. The van der Waals surface area contributed by atoms with Gasteiger partial charge in [-0.3, -0.25) is 4.79 Å². The van der Waals surface area contributed by atoms with E-state index in [1.807, 2.05) is 18.7 Å². The molecule has 1 aliphatic heterocycles. The highest BCUT2D eigenvalue weighted by atomic mass is 35.5. The first-order chi connectivity index (χ1) is 15.4. The molecule has 2 aliphatic rings. The average Bonchev–Trinajstić information content (AvgIpc) is 3.15. The third-order valence-electron chi connectivity index (χ3n) is 6.93. The van der Waals surface area contributed by atoms with Crippen molar-refractivity contribution in [3.8, 4) is 0 Å². The van der Waals surface area contributed by atoms with E-state index in [2.05, 4.69) is 10.3 Å². The third-order valence-corrected chi connectivity index (χ3v) is 7.24. The standard InChI is InChI=1S/C23H29ClF3N3O3/c1-22(2,32)14-4-3-5-15(10-14)28-20(31)13-6-8-30(9-7-13)21-29-18-12-17(24)16(23(25,26)27)11-19(18)33-21/h11-15,32H,3-10H2,1-2H3,(H,28,31)/t14-,15-/m0/s1. The first-order valence-corrected chi connectivity index (χ1v) is 11.7. The van der Waals surface area contributed by atoms with Crippen LogP contribution in [0, 0.1) is 11.8 Å². The zero-order chi connectivity index (χ0) is 24.0. The molecule has 10 heteroatoms. The quantitative estimate of drug-likeness (QED) is 0.622.